The first-order valence-electron chi connectivity index (χ1n) is 6.64. The molecule has 1 unspecified atom stereocenters. The molecule has 0 radical (unpaired) electrons. The van der Waals surface area contributed by atoms with E-state index in [1.165, 1.54) is 4.31 Å². The molecule has 108 valence electrons. The zero-order chi connectivity index (χ0) is 14.2. The van der Waals surface area contributed by atoms with Gasteiger partial charge < -0.3 is 0 Å². The Morgan fingerprint density at radius 2 is 2.16 bits per heavy atom. The van der Waals surface area contributed by atoms with Crippen molar-refractivity contribution < 1.29 is 8.42 Å². The highest BCUT2D eigenvalue weighted by Crippen LogP contribution is 2.37. The van der Waals surface area contributed by atoms with E-state index in [1.807, 2.05) is 20.8 Å². The summed E-state index contributed by atoms with van der Waals surface area (Å²) in [5.41, 5.74) is 2.89. The smallest absolute Gasteiger partial charge is 0.282 e. The van der Waals surface area contributed by atoms with Gasteiger partial charge in [-0.2, -0.15) is 22.1 Å². The van der Waals surface area contributed by atoms with Crippen molar-refractivity contribution in [2.75, 3.05) is 20.1 Å². The molecule has 1 aromatic heterocycles. The fraction of sp³-hybridized carbons (Fsp3) is 0.750. The van der Waals surface area contributed by atoms with Crippen LogP contribution in [0.2, 0.25) is 0 Å². The molecule has 1 fully saturated rings. The van der Waals surface area contributed by atoms with E-state index in [2.05, 4.69) is 10.2 Å². The molecule has 0 amide bonds. The van der Waals surface area contributed by atoms with Gasteiger partial charge in [0.1, 0.15) is 0 Å². The van der Waals surface area contributed by atoms with E-state index in [4.69, 9.17) is 0 Å². The molecule has 6 nitrogen and oxygen atoms in total. The number of H-pyrrole nitrogens is 1. The molecule has 19 heavy (non-hydrogen) atoms. The Labute approximate surface area is 115 Å². The Morgan fingerprint density at radius 1 is 1.47 bits per heavy atom. The number of aromatic nitrogens is 2. The van der Waals surface area contributed by atoms with Crippen LogP contribution in [0.1, 0.15) is 42.8 Å². The number of hydrogen-bond acceptors (Lipinski definition) is 3. The molecule has 1 aromatic rings. The predicted octanol–water partition coefficient (Wildman–Crippen LogP) is 1.36. The summed E-state index contributed by atoms with van der Waals surface area (Å²) >= 11 is 0. The minimum atomic E-state index is -3.37. The summed E-state index contributed by atoms with van der Waals surface area (Å²) in [6, 6.07) is -0.0854. The van der Waals surface area contributed by atoms with Gasteiger partial charge >= 0.3 is 0 Å². The summed E-state index contributed by atoms with van der Waals surface area (Å²) in [7, 11) is -1.75. The van der Waals surface area contributed by atoms with Gasteiger partial charge in [0.05, 0.1) is 11.7 Å². The van der Waals surface area contributed by atoms with Gasteiger partial charge in [-0.1, -0.05) is 6.92 Å². The van der Waals surface area contributed by atoms with E-state index in [1.54, 1.807) is 11.4 Å². The summed E-state index contributed by atoms with van der Waals surface area (Å²) in [5, 5.41) is 7.13. The van der Waals surface area contributed by atoms with Crippen LogP contribution in [0.5, 0.6) is 0 Å². The van der Waals surface area contributed by atoms with E-state index < -0.39 is 10.2 Å². The summed E-state index contributed by atoms with van der Waals surface area (Å²) in [5.74, 6) is 0. The van der Waals surface area contributed by atoms with Gasteiger partial charge in [0.15, 0.2) is 0 Å². The second kappa shape index (κ2) is 5.22. The van der Waals surface area contributed by atoms with Gasteiger partial charge in [-0.25, -0.2) is 0 Å². The van der Waals surface area contributed by atoms with Crippen molar-refractivity contribution in [1.82, 2.24) is 18.8 Å². The van der Waals surface area contributed by atoms with Crippen LogP contribution in [0.4, 0.5) is 0 Å². The monoisotopic (exact) mass is 286 g/mol. The molecule has 0 spiro atoms. The molecule has 2 rings (SSSR count). The van der Waals surface area contributed by atoms with Crippen LogP contribution in [0.3, 0.4) is 0 Å². The molecule has 0 saturated carbocycles. The van der Waals surface area contributed by atoms with Crippen LogP contribution >= 0.6 is 0 Å². The lowest BCUT2D eigenvalue weighted by Gasteiger charge is -2.28. The summed E-state index contributed by atoms with van der Waals surface area (Å²) < 4.78 is 28.0. The number of rotatable bonds is 4. The standard InChI is InChI=1S/C12H22N4O2S/c1-5-15(4)19(17,18)16-8-6-7-11(16)12-9(2)13-14-10(12)3/h11H,5-8H2,1-4H3,(H,13,14). The van der Waals surface area contributed by atoms with Crippen molar-refractivity contribution in [2.45, 2.75) is 39.7 Å². The number of hydrogen-bond donors (Lipinski definition) is 1. The second-order valence-corrected chi connectivity index (χ2v) is 7.03. The first-order valence-corrected chi connectivity index (χ1v) is 8.03. The van der Waals surface area contributed by atoms with Crippen molar-refractivity contribution in [2.24, 2.45) is 0 Å². The summed E-state index contributed by atoms with van der Waals surface area (Å²) in [6.07, 6.45) is 1.75. The van der Waals surface area contributed by atoms with Gasteiger partial charge in [-0.05, 0) is 26.7 Å². The maximum absolute atomic E-state index is 12.5. The second-order valence-electron chi connectivity index (χ2n) is 5.04. The molecular formula is C12H22N4O2S. The zero-order valence-electron chi connectivity index (χ0n) is 12.0. The predicted molar refractivity (Wildman–Crippen MR) is 74.0 cm³/mol. The highest BCUT2D eigenvalue weighted by atomic mass is 32.2. The molecule has 0 aromatic carbocycles. The number of nitrogens with zero attached hydrogens (tertiary/aromatic N) is 3. The normalized spacial score (nSPS) is 21.4. The lowest BCUT2D eigenvalue weighted by molar-refractivity contribution is 0.351. The Kier molecular flexibility index (Phi) is 3.98. The average molecular weight is 286 g/mol. The Hall–Kier alpha value is -0.920. The fourth-order valence-corrected chi connectivity index (χ4v) is 4.27. The van der Waals surface area contributed by atoms with Crippen LogP contribution < -0.4 is 0 Å². The highest BCUT2D eigenvalue weighted by Gasteiger charge is 2.38. The minimum Gasteiger partial charge on any atom is -0.282 e. The van der Waals surface area contributed by atoms with Gasteiger partial charge in [0, 0.05) is 31.4 Å². The van der Waals surface area contributed by atoms with E-state index >= 15 is 0 Å². The summed E-state index contributed by atoms with van der Waals surface area (Å²) in [6.45, 7) is 6.78. The first-order chi connectivity index (χ1) is 8.89. The third-order valence-electron chi connectivity index (χ3n) is 3.86. The average Bonchev–Trinajstić information content (AvgIpc) is 2.95. The Balaban J connectivity index is 2.38. The van der Waals surface area contributed by atoms with Crippen molar-refractivity contribution in [3.63, 3.8) is 0 Å². The molecule has 1 saturated heterocycles. The molecule has 1 aliphatic rings. The third kappa shape index (κ3) is 2.42. The molecule has 1 atom stereocenters. The number of nitrogens with one attached hydrogen (secondary N) is 1. The van der Waals surface area contributed by atoms with Crippen molar-refractivity contribution >= 4 is 10.2 Å². The quantitative estimate of drug-likeness (QED) is 0.908. The van der Waals surface area contributed by atoms with Crippen molar-refractivity contribution in [3.8, 4) is 0 Å². The van der Waals surface area contributed by atoms with Crippen LogP contribution in [0, 0.1) is 13.8 Å². The molecule has 0 bridgehead atoms. The molecule has 7 heteroatoms. The molecule has 1 aliphatic heterocycles. The number of aromatic amines is 1. The van der Waals surface area contributed by atoms with E-state index in [0.717, 1.165) is 29.8 Å². The van der Waals surface area contributed by atoms with E-state index in [9.17, 15) is 8.42 Å². The Bertz CT molecular complexity index is 533. The van der Waals surface area contributed by atoms with Crippen molar-refractivity contribution in [3.05, 3.63) is 17.0 Å². The van der Waals surface area contributed by atoms with Crippen LogP contribution in [-0.4, -0.2) is 47.4 Å². The molecule has 1 N–H and O–H groups in total. The molecular weight excluding hydrogens is 264 g/mol. The van der Waals surface area contributed by atoms with Crippen LogP contribution in [0.25, 0.3) is 0 Å². The van der Waals surface area contributed by atoms with E-state index in [0.29, 0.717) is 13.1 Å². The maximum atomic E-state index is 12.5. The molecule has 0 aliphatic carbocycles. The SMILES string of the molecule is CCN(C)S(=O)(=O)N1CCCC1c1c(C)n[nH]c1C. The maximum Gasteiger partial charge on any atom is 0.282 e. The van der Waals surface area contributed by atoms with Gasteiger partial charge in [-0.15, -0.1) is 0 Å². The zero-order valence-corrected chi connectivity index (χ0v) is 12.8. The van der Waals surface area contributed by atoms with Gasteiger partial charge in [-0.3, -0.25) is 5.10 Å². The first kappa shape index (κ1) is 14.5. The fourth-order valence-electron chi connectivity index (χ4n) is 2.70. The topological polar surface area (TPSA) is 69.3 Å². The van der Waals surface area contributed by atoms with Gasteiger partial charge in [0.25, 0.3) is 10.2 Å². The van der Waals surface area contributed by atoms with Crippen LogP contribution in [0.15, 0.2) is 0 Å². The Morgan fingerprint density at radius 3 is 2.68 bits per heavy atom. The highest BCUT2D eigenvalue weighted by molar-refractivity contribution is 7.86. The number of aryl methyl sites for hydroxylation is 2. The molecule has 2 heterocycles. The van der Waals surface area contributed by atoms with Crippen LogP contribution in [-0.2, 0) is 10.2 Å². The van der Waals surface area contributed by atoms with Crippen molar-refractivity contribution in [1.29, 1.82) is 0 Å². The minimum absolute atomic E-state index is 0.0854. The lowest BCUT2D eigenvalue weighted by atomic mass is 10.0. The lowest BCUT2D eigenvalue weighted by Crippen LogP contribution is -2.41. The van der Waals surface area contributed by atoms with Gasteiger partial charge in [0.2, 0.25) is 0 Å². The third-order valence-corrected chi connectivity index (χ3v) is 5.93. The van der Waals surface area contributed by atoms with E-state index in [-0.39, 0.29) is 6.04 Å². The largest absolute Gasteiger partial charge is 0.282 e. The summed E-state index contributed by atoms with van der Waals surface area (Å²) in [4.78, 5) is 0.